The number of hydrogen-bond acceptors (Lipinski definition) is 3. The molecule has 1 saturated carbocycles. The van der Waals surface area contributed by atoms with Gasteiger partial charge in [-0.1, -0.05) is 6.07 Å². The molecule has 1 atom stereocenters. The van der Waals surface area contributed by atoms with Crippen LogP contribution >= 0.6 is 0 Å². The Morgan fingerprint density at radius 1 is 1.24 bits per heavy atom. The lowest BCUT2D eigenvalue weighted by Crippen LogP contribution is -2.38. The number of amides is 3. The second-order valence-corrected chi connectivity index (χ2v) is 6.69. The molecule has 1 saturated heterocycles. The van der Waals surface area contributed by atoms with Crippen LogP contribution in [-0.4, -0.2) is 48.3 Å². The zero-order chi connectivity index (χ0) is 18.0. The molecular formula is C18H22FN3O3. The van der Waals surface area contributed by atoms with Gasteiger partial charge >= 0.3 is 0 Å². The standard InChI is InChI=1S/C18H22FN3O3/c1-11-2-3-12(8-15(11)19)17(24)20-6-7-21-18(25)13-9-16(23)22(10-13)14-4-5-14/h2-3,8,13-14H,4-7,9-10H2,1H3,(H,20,24)(H,21,25)/t13-/m1/s1. The van der Waals surface area contributed by atoms with Crippen molar-refractivity contribution in [1.82, 2.24) is 15.5 Å². The number of aryl methyl sites for hydroxylation is 1. The summed E-state index contributed by atoms with van der Waals surface area (Å²) in [6, 6.07) is 4.64. The molecule has 1 aromatic rings. The number of nitrogens with zero attached hydrogens (tertiary/aromatic N) is 1. The molecule has 25 heavy (non-hydrogen) atoms. The first-order valence-corrected chi connectivity index (χ1v) is 8.57. The topological polar surface area (TPSA) is 78.5 Å². The maximum atomic E-state index is 13.5. The van der Waals surface area contributed by atoms with Gasteiger partial charge in [0.2, 0.25) is 11.8 Å². The van der Waals surface area contributed by atoms with Crippen LogP contribution in [0.15, 0.2) is 18.2 Å². The Kier molecular flexibility index (Phi) is 5.01. The number of hydrogen-bond donors (Lipinski definition) is 2. The lowest BCUT2D eigenvalue weighted by atomic mass is 10.1. The third-order valence-corrected chi connectivity index (χ3v) is 4.66. The third kappa shape index (κ3) is 4.15. The number of rotatable bonds is 6. The average molecular weight is 347 g/mol. The van der Waals surface area contributed by atoms with Crippen LogP contribution < -0.4 is 10.6 Å². The number of carbonyl (C=O) groups is 3. The highest BCUT2D eigenvalue weighted by atomic mass is 19.1. The van der Waals surface area contributed by atoms with Crippen LogP contribution in [-0.2, 0) is 9.59 Å². The van der Waals surface area contributed by atoms with Gasteiger partial charge in [0.1, 0.15) is 5.82 Å². The predicted octanol–water partition coefficient (Wildman–Crippen LogP) is 0.991. The molecule has 1 aromatic carbocycles. The van der Waals surface area contributed by atoms with Crippen LogP contribution in [0.4, 0.5) is 4.39 Å². The van der Waals surface area contributed by atoms with Gasteiger partial charge in [0.05, 0.1) is 5.92 Å². The Hall–Kier alpha value is -2.44. The van der Waals surface area contributed by atoms with Gasteiger partial charge in [-0.05, 0) is 37.5 Å². The van der Waals surface area contributed by atoms with Crippen LogP contribution in [0.25, 0.3) is 0 Å². The van der Waals surface area contributed by atoms with Crippen LogP contribution in [0.2, 0.25) is 0 Å². The van der Waals surface area contributed by atoms with E-state index in [-0.39, 0.29) is 48.7 Å². The smallest absolute Gasteiger partial charge is 0.251 e. The van der Waals surface area contributed by atoms with Crippen molar-refractivity contribution in [3.63, 3.8) is 0 Å². The van der Waals surface area contributed by atoms with Crippen molar-refractivity contribution in [3.8, 4) is 0 Å². The highest BCUT2D eigenvalue weighted by molar-refractivity contribution is 5.94. The summed E-state index contributed by atoms with van der Waals surface area (Å²) in [6.45, 7) is 2.63. The van der Waals surface area contributed by atoms with Crippen molar-refractivity contribution >= 4 is 17.7 Å². The number of halogens is 1. The van der Waals surface area contributed by atoms with E-state index in [0.717, 1.165) is 12.8 Å². The maximum absolute atomic E-state index is 13.5. The second kappa shape index (κ2) is 7.21. The van der Waals surface area contributed by atoms with Gasteiger partial charge in [0, 0.05) is 37.7 Å². The van der Waals surface area contributed by atoms with Gasteiger partial charge in [-0.3, -0.25) is 14.4 Å². The molecule has 134 valence electrons. The lowest BCUT2D eigenvalue weighted by Gasteiger charge is -2.15. The number of nitrogens with one attached hydrogen (secondary N) is 2. The Balaban J connectivity index is 1.39. The summed E-state index contributed by atoms with van der Waals surface area (Å²) >= 11 is 0. The first-order chi connectivity index (χ1) is 12.0. The van der Waals surface area contributed by atoms with E-state index >= 15 is 0 Å². The quantitative estimate of drug-likeness (QED) is 0.754. The highest BCUT2D eigenvalue weighted by Crippen LogP contribution is 2.32. The molecule has 7 heteroatoms. The van der Waals surface area contributed by atoms with Crippen molar-refractivity contribution in [1.29, 1.82) is 0 Å². The summed E-state index contributed by atoms with van der Waals surface area (Å²) in [5, 5.41) is 5.39. The van der Waals surface area contributed by atoms with Crippen LogP contribution in [0.1, 0.15) is 35.2 Å². The van der Waals surface area contributed by atoms with Gasteiger partial charge < -0.3 is 15.5 Å². The molecule has 1 aliphatic carbocycles. The summed E-state index contributed by atoms with van der Waals surface area (Å²) in [7, 11) is 0. The summed E-state index contributed by atoms with van der Waals surface area (Å²) < 4.78 is 13.5. The SMILES string of the molecule is Cc1ccc(C(=O)NCCNC(=O)[C@@H]2CC(=O)N(C3CC3)C2)cc1F. The minimum atomic E-state index is -0.424. The summed E-state index contributed by atoms with van der Waals surface area (Å²) in [5.74, 6) is -1.23. The molecule has 0 bridgehead atoms. The van der Waals surface area contributed by atoms with Crippen molar-refractivity contribution in [2.75, 3.05) is 19.6 Å². The van der Waals surface area contributed by atoms with Crippen molar-refractivity contribution in [3.05, 3.63) is 35.1 Å². The molecule has 0 aromatic heterocycles. The molecule has 2 N–H and O–H groups in total. The number of likely N-dealkylation sites (tertiary alicyclic amines) is 1. The fourth-order valence-corrected chi connectivity index (χ4v) is 2.99. The maximum Gasteiger partial charge on any atom is 0.251 e. The monoisotopic (exact) mass is 347 g/mol. The van der Waals surface area contributed by atoms with Crippen molar-refractivity contribution < 1.29 is 18.8 Å². The van der Waals surface area contributed by atoms with Gasteiger partial charge in [-0.2, -0.15) is 0 Å². The Morgan fingerprint density at radius 2 is 1.96 bits per heavy atom. The van der Waals surface area contributed by atoms with Gasteiger partial charge in [-0.15, -0.1) is 0 Å². The van der Waals surface area contributed by atoms with E-state index in [0.29, 0.717) is 18.2 Å². The molecule has 1 aliphatic heterocycles. The molecule has 2 fully saturated rings. The van der Waals surface area contributed by atoms with Crippen LogP contribution in [0.5, 0.6) is 0 Å². The lowest BCUT2D eigenvalue weighted by molar-refractivity contribution is -0.129. The van der Waals surface area contributed by atoms with Crippen molar-refractivity contribution in [2.24, 2.45) is 5.92 Å². The molecular weight excluding hydrogens is 325 g/mol. The van der Waals surface area contributed by atoms with Crippen molar-refractivity contribution in [2.45, 2.75) is 32.2 Å². The van der Waals surface area contributed by atoms with E-state index in [1.165, 1.54) is 6.07 Å². The molecule has 6 nitrogen and oxygen atoms in total. The molecule has 0 unspecified atom stereocenters. The Bertz CT molecular complexity index is 703. The summed E-state index contributed by atoms with van der Waals surface area (Å²) in [5.41, 5.74) is 0.728. The highest BCUT2D eigenvalue weighted by Gasteiger charge is 2.41. The fourth-order valence-electron chi connectivity index (χ4n) is 2.99. The van der Waals surface area contributed by atoms with Crippen LogP contribution in [0, 0.1) is 18.7 Å². The van der Waals surface area contributed by atoms with E-state index in [9.17, 15) is 18.8 Å². The number of carbonyl (C=O) groups excluding carboxylic acids is 3. The minimum Gasteiger partial charge on any atom is -0.354 e. The molecule has 0 spiro atoms. The molecule has 0 radical (unpaired) electrons. The van der Waals surface area contributed by atoms with E-state index in [4.69, 9.17) is 0 Å². The predicted molar refractivity (Wildman–Crippen MR) is 89.3 cm³/mol. The average Bonchev–Trinajstić information content (AvgIpc) is 3.35. The second-order valence-electron chi connectivity index (χ2n) is 6.69. The Morgan fingerprint density at radius 3 is 2.64 bits per heavy atom. The minimum absolute atomic E-state index is 0.0531. The summed E-state index contributed by atoms with van der Waals surface area (Å²) in [4.78, 5) is 37.7. The normalized spacial score (nSPS) is 19.8. The molecule has 2 aliphatic rings. The molecule has 3 rings (SSSR count). The largest absolute Gasteiger partial charge is 0.354 e. The van der Waals surface area contributed by atoms with E-state index in [2.05, 4.69) is 10.6 Å². The molecule has 3 amide bonds. The van der Waals surface area contributed by atoms with Gasteiger partial charge in [0.15, 0.2) is 0 Å². The van der Waals surface area contributed by atoms with Gasteiger partial charge in [-0.25, -0.2) is 4.39 Å². The Labute approximate surface area is 145 Å². The number of benzene rings is 1. The first-order valence-electron chi connectivity index (χ1n) is 8.57. The third-order valence-electron chi connectivity index (χ3n) is 4.66. The van der Waals surface area contributed by atoms with Crippen LogP contribution in [0.3, 0.4) is 0 Å². The van der Waals surface area contributed by atoms with Gasteiger partial charge in [0.25, 0.3) is 5.91 Å². The zero-order valence-corrected chi connectivity index (χ0v) is 14.2. The fraction of sp³-hybridized carbons (Fsp3) is 0.500. The first kappa shape index (κ1) is 17.4. The van der Waals surface area contributed by atoms with E-state index in [1.54, 1.807) is 24.0 Å². The molecule has 1 heterocycles. The zero-order valence-electron chi connectivity index (χ0n) is 14.2. The van der Waals surface area contributed by atoms with E-state index < -0.39 is 5.82 Å². The van der Waals surface area contributed by atoms with E-state index in [1.807, 2.05) is 0 Å². The summed E-state index contributed by atoms with van der Waals surface area (Å²) in [6.07, 6.45) is 2.33.